The number of esters is 1. The number of ether oxygens (including phenoxy) is 1. The molecule has 0 spiro atoms. The smallest absolute Gasteiger partial charge is 0.323 e. The zero-order valence-corrected chi connectivity index (χ0v) is 14.7. The van der Waals surface area contributed by atoms with E-state index in [1.165, 1.54) is 18.2 Å². The van der Waals surface area contributed by atoms with Crippen LogP contribution in [0.3, 0.4) is 0 Å². The van der Waals surface area contributed by atoms with Crippen LogP contribution in [0.15, 0.2) is 65.8 Å². The summed E-state index contributed by atoms with van der Waals surface area (Å²) >= 11 is 0. The van der Waals surface area contributed by atoms with E-state index >= 15 is 0 Å². The molecule has 2 aromatic rings. The fourth-order valence-electron chi connectivity index (χ4n) is 3.63. The number of likely N-dealkylation sites (tertiary alicyclic amines) is 1. The predicted octanol–water partition coefficient (Wildman–Crippen LogP) is 3.74. The third kappa shape index (κ3) is 4.04. The van der Waals surface area contributed by atoms with E-state index < -0.39 is 0 Å². The Labute approximate surface area is 153 Å². The minimum Gasteiger partial charge on any atom is -0.468 e. The molecular formula is C20H22N4O2. The Morgan fingerprint density at radius 3 is 2.27 bits per heavy atom. The Kier molecular flexibility index (Phi) is 5.89. The minimum absolute atomic E-state index is 0.120. The average molecular weight is 350 g/mol. The van der Waals surface area contributed by atoms with E-state index in [1.807, 2.05) is 36.4 Å². The largest absolute Gasteiger partial charge is 0.468 e. The summed E-state index contributed by atoms with van der Waals surface area (Å²) < 4.78 is 4.97. The number of rotatable bonds is 6. The summed E-state index contributed by atoms with van der Waals surface area (Å²) in [5.74, 6) is -0.158. The molecule has 0 unspecified atom stereocenters. The van der Waals surface area contributed by atoms with Gasteiger partial charge in [-0.1, -0.05) is 65.8 Å². The Hall–Kier alpha value is -2.82. The molecule has 3 rings (SSSR count). The van der Waals surface area contributed by atoms with Gasteiger partial charge in [-0.15, -0.1) is 0 Å². The first-order chi connectivity index (χ1) is 12.7. The summed E-state index contributed by atoms with van der Waals surface area (Å²) in [4.78, 5) is 17.2. The van der Waals surface area contributed by atoms with Crippen molar-refractivity contribution in [3.05, 3.63) is 82.2 Å². The average Bonchev–Trinajstić information content (AvgIpc) is 3.09. The topological polar surface area (TPSA) is 78.3 Å². The van der Waals surface area contributed by atoms with Gasteiger partial charge in [-0.25, -0.2) is 0 Å². The molecular weight excluding hydrogens is 328 g/mol. The molecule has 26 heavy (non-hydrogen) atoms. The number of benzene rings is 2. The van der Waals surface area contributed by atoms with Crippen LogP contribution in [0.25, 0.3) is 10.4 Å². The van der Waals surface area contributed by atoms with E-state index in [0.29, 0.717) is 19.5 Å². The van der Waals surface area contributed by atoms with Crippen molar-refractivity contribution < 1.29 is 9.53 Å². The van der Waals surface area contributed by atoms with Crippen LogP contribution < -0.4 is 0 Å². The normalized spacial score (nSPS) is 19.9. The Balaban J connectivity index is 1.90. The zero-order valence-electron chi connectivity index (χ0n) is 14.7. The maximum absolute atomic E-state index is 12.2. The number of carbonyl (C=O) groups excluding carboxylic acids is 1. The van der Waals surface area contributed by atoms with Crippen LogP contribution in [-0.2, 0) is 9.53 Å². The second-order valence-electron chi connectivity index (χ2n) is 6.46. The molecule has 0 bridgehead atoms. The molecule has 2 aromatic carbocycles. The van der Waals surface area contributed by atoms with Crippen molar-refractivity contribution in [2.75, 3.05) is 20.2 Å². The SMILES string of the molecule is COC(=O)[C@@H]1C[C@H](N=[N+]=[N-])CN1CC(c1ccccc1)c1ccccc1. The van der Waals surface area contributed by atoms with Gasteiger partial charge in [0.1, 0.15) is 6.04 Å². The van der Waals surface area contributed by atoms with Crippen LogP contribution in [0.2, 0.25) is 0 Å². The summed E-state index contributed by atoms with van der Waals surface area (Å²) in [6, 6.07) is 19.9. The summed E-state index contributed by atoms with van der Waals surface area (Å²) in [5.41, 5.74) is 11.1. The highest BCUT2D eigenvalue weighted by atomic mass is 16.5. The molecule has 134 valence electrons. The lowest BCUT2D eigenvalue weighted by atomic mass is 9.90. The monoisotopic (exact) mass is 350 g/mol. The molecule has 6 nitrogen and oxygen atoms in total. The highest BCUT2D eigenvalue weighted by Crippen LogP contribution is 2.30. The van der Waals surface area contributed by atoms with Crippen molar-refractivity contribution in [3.63, 3.8) is 0 Å². The first kappa shape index (κ1) is 18.0. The lowest BCUT2D eigenvalue weighted by Gasteiger charge is -2.28. The highest BCUT2D eigenvalue weighted by molar-refractivity contribution is 5.76. The summed E-state index contributed by atoms with van der Waals surface area (Å²) in [6.45, 7) is 1.21. The molecule has 1 aliphatic heterocycles. The van der Waals surface area contributed by atoms with E-state index in [9.17, 15) is 4.79 Å². The number of hydrogen-bond donors (Lipinski definition) is 0. The van der Waals surface area contributed by atoms with Crippen LogP contribution >= 0.6 is 0 Å². The Morgan fingerprint density at radius 2 is 1.77 bits per heavy atom. The second kappa shape index (κ2) is 8.52. The number of hydrogen-bond acceptors (Lipinski definition) is 4. The van der Waals surface area contributed by atoms with Crippen LogP contribution in [0, 0.1) is 0 Å². The lowest BCUT2D eigenvalue weighted by molar-refractivity contribution is -0.145. The van der Waals surface area contributed by atoms with Crippen molar-refractivity contribution in [3.8, 4) is 0 Å². The van der Waals surface area contributed by atoms with Crippen molar-refractivity contribution in [1.82, 2.24) is 4.90 Å². The number of carbonyl (C=O) groups is 1. The molecule has 1 aliphatic rings. The quantitative estimate of drug-likeness (QED) is 0.344. The summed E-state index contributed by atoms with van der Waals surface area (Å²) in [7, 11) is 1.40. The molecule has 0 radical (unpaired) electrons. The fourth-order valence-corrected chi connectivity index (χ4v) is 3.63. The van der Waals surface area contributed by atoms with Crippen molar-refractivity contribution >= 4 is 5.97 Å². The van der Waals surface area contributed by atoms with Crippen LogP contribution in [-0.4, -0.2) is 43.2 Å². The van der Waals surface area contributed by atoms with Gasteiger partial charge in [0.15, 0.2) is 0 Å². The van der Waals surface area contributed by atoms with Gasteiger partial charge in [-0.05, 0) is 23.1 Å². The zero-order chi connectivity index (χ0) is 18.4. The van der Waals surface area contributed by atoms with E-state index in [1.54, 1.807) is 0 Å². The maximum atomic E-state index is 12.2. The molecule has 0 aliphatic carbocycles. The molecule has 0 amide bonds. The molecule has 2 atom stereocenters. The predicted molar refractivity (Wildman–Crippen MR) is 99.7 cm³/mol. The fraction of sp³-hybridized carbons (Fsp3) is 0.350. The Morgan fingerprint density at radius 1 is 1.19 bits per heavy atom. The summed E-state index contributed by atoms with van der Waals surface area (Å²) in [6.07, 6.45) is 0.493. The first-order valence-corrected chi connectivity index (χ1v) is 8.69. The van der Waals surface area contributed by atoms with Crippen molar-refractivity contribution in [2.45, 2.75) is 24.4 Å². The van der Waals surface area contributed by atoms with Gasteiger partial charge in [-0.2, -0.15) is 0 Å². The summed E-state index contributed by atoms with van der Waals surface area (Å²) in [5, 5.41) is 3.82. The van der Waals surface area contributed by atoms with E-state index in [0.717, 1.165) is 0 Å². The van der Waals surface area contributed by atoms with Gasteiger partial charge in [0, 0.05) is 23.9 Å². The molecule has 6 heteroatoms. The van der Waals surface area contributed by atoms with Crippen LogP contribution in [0.4, 0.5) is 0 Å². The number of methoxy groups -OCH3 is 1. The van der Waals surface area contributed by atoms with Gasteiger partial charge in [0.25, 0.3) is 0 Å². The molecule has 1 heterocycles. The number of azide groups is 1. The van der Waals surface area contributed by atoms with Gasteiger partial charge in [-0.3, -0.25) is 9.69 Å². The molecule has 0 N–H and O–H groups in total. The van der Waals surface area contributed by atoms with Crippen molar-refractivity contribution in [1.29, 1.82) is 0 Å². The van der Waals surface area contributed by atoms with Gasteiger partial charge >= 0.3 is 5.97 Å². The van der Waals surface area contributed by atoms with E-state index in [4.69, 9.17) is 10.3 Å². The van der Waals surface area contributed by atoms with Crippen LogP contribution in [0.5, 0.6) is 0 Å². The standard InChI is InChI=1S/C20H22N4O2/c1-26-20(25)19-12-17(22-23-21)13-24(19)14-18(15-8-4-2-5-9-15)16-10-6-3-7-11-16/h2-11,17-19H,12-14H2,1H3/t17-,19-/m0/s1. The third-order valence-corrected chi connectivity index (χ3v) is 4.89. The molecule has 1 fully saturated rings. The van der Waals surface area contributed by atoms with E-state index in [-0.39, 0.29) is 24.0 Å². The van der Waals surface area contributed by atoms with Gasteiger partial charge in [0.2, 0.25) is 0 Å². The minimum atomic E-state index is -0.384. The maximum Gasteiger partial charge on any atom is 0.323 e. The molecule has 0 aromatic heterocycles. The second-order valence-corrected chi connectivity index (χ2v) is 6.46. The lowest BCUT2D eigenvalue weighted by Crippen LogP contribution is -2.39. The van der Waals surface area contributed by atoms with Crippen molar-refractivity contribution in [2.24, 2.45) is 5.11 Å². The number of nitrogens with zero attached hydrogens (tertiary/aromatic N) is 4. The third-order valence-electron chi connectivity index (χ3n) is 4.89. The highest BCUT2D eigenvalue weighted by Gasteiger charge is 2.38. The Bertz CT molecular complexity index is 735. The molecule has 1 saturated heterocycles. The van der Waals surface area contributed by atoms with Gasteiger partial charge < -0.3 is 4.74 Å². The molecule has 0 saturated carbocycles. The van der Waals surface area contributed by atoms with E-state index in [2.05, 4.69) is 39.2 Å². The van der Waals surface area contributed by atoms with Gasteiger partial charge in [0.05, 0.1) is 13.2 Å². The first-order valence-electron chi connectivity index (χ1n) is 8.69. The van der Waals surface area contributed by atoms with Crippen LogP contribution in [0.1, 0.15) is 23.5 Å².